The van der Waals surface area contributed by atoms with Gasteiger partial charge in [0.05, 0.1) is 17.2 Å². The molecule has 3 aromatic heterocycles. The van der Waals surface area contributed by atoms with E-state index in [1.54, 1.807) is 12.4 Å². The molecule has 8 nitrogen and oxygen atoms in total. The third-order valence-corrected chi connectivity index (χ3v) is 4.92. The van der Waals surface area contributed by atoms with Crippen LogP contribution >= 0.6 is 11.3 Å². The number of thiazole rings is 1. The van der Waals surface area contributed by atoms with Crippen LogP contribution in [0.25, 0.3) is 21.3 Å². The van der Waals surface area contributed by atoms with Crippen molar-refractivity contribution in [3.8, 4) is 27.2 Å². The Morgan fingerprint density at radius 3 is 3.04 bits per heavy atom. The Morgan fingerprint density at radius 1 is 1.31 bits per heavy atom. The van der Waals surface area contributed by atoms with Crippen molar-refractivity contribution in [2.45, 2.75) is 20.3 Å². The zero-order valence-electron chi connectivity index (χ0n) is 14.3. The van der Waals surface area contributed by atoms with E-state index in [1.165, 1.54) is 11.3 Å². The van der Waals surface area contributed by atoms with Gasteiger partial charge < -0.3 is 9.57 Å². The lowest BCUT2D eigenvalue weighted by atomic mass is 10.2. The van der Waals surface area contributed by atoms with E-state index >= 15 is 0 Å². The van der Waals surface area contributed by atoms with Gasteiger partial charge in [-0.3, -0.25) is 4.98 Å². The summed E-state index contributed by atoms with van der Waals surface area (Å²) in [6.07, 6.45) is 4.14. The summed E-state index contributed by atoms with van der Waals surface area (Å²) in [5.74, 6) is 0.886. The molecule has 0 fully saturated rings. The lowest BCUT2D eigenvalue weighted by molar-refractivity contribution is 0.156. The third kappa shape index (κ3) is 3.13. The largest absolute Gasteiger partial charge is 0.475 e. The molecule has 3 aromatic rings. The van der Waals surface area contributed by atoms with E-state index in [0.29, 0.717) is 37.0 Å². The Balaban J connectivity index is 1.74. The van der Waals surface area contributed by atoms with Gasteiger partial charge in [0.25, 0.3) is 5.88 Å². The van der Waals surface area contributed by atoms with Gasteiger partial charge >= 0.3 is 0 Å². The Kier molecular flexibility index (Phi) is 4.53. The molecule has 1 aliphatic heterocycles. The van der Waals surface area contributed by atoms with Crippen molar-refractivity contribution in [1.82, 2.24) is 25.1 Å². The molecule has 0 unspecified atom stereocenters. The number of ether oxygens (including phenoxy) is 1. The summed E-state index contributed by atoms with van der Waals surface area (Å²) in [6, 6.07) is 3.86. The van der Waals surface area contributed by atoms with Gasteiger partial charge in [-0.15, -0.1) is 21.5 Å². The standard InChI is InChI=1S/C17H16N6O2S/c1-3-25-23-12-6-8-24-16-13(12)20-15(21-22-16)14-10(2)19-17(26-14)11-5-4-7-18-9-11/h4-5,7,9H,3,6,8H2,1-2H3. The number of aryl methyl sites for hydroxylation is 1. The van der Waals surface area contributed by atoms with Crippen LogP contribution in [0.3, 0.4) is 0 Å². The molecule has 0 saturated carbocycles. The maximum absolute atomic E-state index is 5.54. The van der Waals surface area contributed by atoms with Gasteiger partial charge in [-0.1, -0.05) is 5.16 Å². The Labute approximate surface area is 154 Å². The van der Waals surface area contributed by atoms with Crippen molar-refractivity contribution in [3.05, 3.63) is 35.9 Å². The topological polar surface area (TPSA) is 95.3 Å². The molecule has 132 valence electrons. The molecule has 0 amide bonds. The smallest absolute Gasteiger partial charge is 0.261 e. The molecule has 0 bridgehead atoms. The SMILES string of the molecule is CCON=C1CCOc2nnc(-c3sc(-c4cccnc4)nc3C)nc21. The summed E-state index contributed by atoms with van der Waals surface area (Å²) in [5, 5.41) is 13.4. The average Bonchev–Trinajstić information content (AvgIpc) is 3.08. The first-order valence-corrected chi connectivity index (χ1v) is 9.03. The third-order valence-electron chi connectivity index (χ3n) is 3.72. The summed E-state index contributed by atoms with van der Waals surface area (Å²) in [4.78, 5) is 19.4. The molecule has 4 rings (SSSR count). The first-order valence-electron chi connectivity index (χ1n) is 8.21. The van der Waals surface area contributed by atoms with Crippen LogP contribution in [-0.2, 0) is 4.84 Å². The lowest BCUT2D eigenvalue weighted by Crippen LogP contribution is -2.20. The van der Waals surface area contributed by atoms with E-state index in [1.807, 2.05) is 26.0 Å². The van der Waals surface area contributed by atoms with Crippen molar-refractivity contribution < 1.29 is 9.57 Å². The fourth-order valence-electron chi connectivity index (χ4n) is 2.51. The number of rotatable bonds is 4. The minimum absolute atomic E-state index is 0.383. The summed E-state index contributed by atoms with van der Waals surface area (Å²) in [7, 11) is 0. The Morgan fingerprint density at radius 2 is 2.23 bits per heavy atom. The van der Waals surface area contributed by atoms with E-state index in [9.17, 15) is 0 Å². The predicted molar refractivity (Wildman–Crippen MR) is 97.2 cm³/mol. The van der Waals surface area contributed by atoms with Crippen LogP contribution in [0.1, 0.15) is 24.7 Å². The van der Waals surface area contributed by atoms with Crippen molar-refractivity contribution in [1.29, 1.82) is 0 Å². The molecule has 4 heterocycles. The number of fused-ring (bicyclic) bond motifs is 1. The fourth-order valence-corrected chi connectivity index (χ4v) is 3.49. The highest BCUT2D eigenvalue weighted by atomic mass is 32.1. The molecule has 1 aliphatic rings. The van der Waals surface area contributed by atoms with Crippen LogP contribution in [0, 0.1) is 6.92 Å². The Hall–Kier alpha value is -2.94. The summed E-state index contributed by atoms with van der Waals surface area (Å²) >= 11 is 1.51. The quantitative estimate of drug-likeness (QED) is 0.653. The van der Waals surface area contributed by atoms with E-state index in [4.69, 9.17) is 9.57 Å². The second-order valence-electron chi connectivity index (χ2n) is 5.52. The van der Waals surface area contributed by atoms with Gasteiger partial charge in [-0.05, 0) is 26.0 Å². The molecule has 9 heteroatoms. The number of hydrogen-bond donors (Lipinski definition) is 0. The highest BCUT2D eigenvalue weighted by molar-refractivity contribution is 7.18. The van der Waals surface area contributed by atoms with Crippen molar-refractivity contribution in [3.63, 3.8) is 0 Å². The fraction of sp³-hybridized carbons (Fsp3) is 0.294. The normalized spacial score (nSPS) is 14.8. The first-order chi connectivity index (χ1) is 12.8. The number of hydrogen-bond acceptors (Lipinski definition) is 9. The van der Waals surface area contributed by atoms with E-state index in [-0.39, 0.29) is 0 Å². The number of nitrogens with zero attached hydrogens (tertiary/aromatic N) is 6. The van der Waals surface area contributed by atoms with Gasteiger partial charge in [0.1, 0.15) is 17.3 Å². The van der Waals surface area contributed by atoms with Crippen LogP contribution < -0.4 is 4.74 Å². The minimum Gasteiger partial charge on any atom is -0.475 e. The van der Waals surface area contributed by atoms with E-state index in [2.05, 4.69) is 30.3 Å². The van der Waals surface area contributed by atoms with Crippen molar-refractivity contribution in [2.75, 3.05) is 13.2 Å². The van der Waals surface area contributed by atoms with Crippen LogP contribution in [-0.4, -0.2) is 44.1 Å². The molecule has 0 aliphatic carbocycles. The second-order valence-corrected chi connectivity index (χ2v) is 6.52. The van der Waals surface area contributed by atoms with Crippen LogP contribution in [0.15, 0.2) is 29.7 Å². The summed E-state index contributed by atoms with van der Waals surface area (Å²) < 4.78 is 5.54. The lowest BCUT2D eigenvalue weighted by Gasteiger charge is -2.16. The number of aromatic nitrogens is 5. The maximum atomic E-state index is 5.54. The first kappa shape index (κ1) is 16.5. The van der Waals surface area contributed by atoms with Crippen LogP contribution in [0.2, 0.25) is 0 Å². The number of oxime groups is 1. The monoisotopic (exact) mass is 368 g/mol. The summed E-state index contributed by atoms with van der Waals surface area (Å²) in [5.41, 5.74) is 3.10. The van der Waals surface area contributed by atoms with Crippen molar-refractivity contribution >= 4 is 17.0 Å². The highest BCUT2D eigenvalue weighted by Gasteiger charge is 2.24. The molecule has 26 heavy (non-hydrogen) atoms. The zero-order valence-corrected chi connectivity index (χ0v) is 15.2. The van der Waals surface area contributed by atoms with Crippen molar-refractivity contribution in [2.24, 2.45) is 5.16 Å². The average molecular weight is 368 g/mol. The zero-order chi connectivity index (χ0) is 17.9. The molecule has 0 saturated heterocycles. The predicted octanol–water partition coefficient (Wildman–Crippen LogP) is 2.89. The van der Waals surface area contributed by atoms with Crippen LogP contribution in [0.5, 0.6) is 5.88 Å². The highest BCUT2D eigenvalue weighted by Crippen LogP contribution is 2.34. The van der Waals surface area contributed by atoms with Gasteiger partial charge in [0, 0.05) is 24.4 Å². The molecular weight excluding hydrogens is 352 g/mol. The second kappa shape index (κ2) is 7.12. The molecule has 0 N–H and O–H groups in total. The number of pyridine rings is 1. The van der Waals surface area contributed by atoms with Gasteiger partial charge in [-0.2, -0.15) is 0 Å². The van der Waals surface area contributed by atoms with Gasteiger partial charge in [-0.25, -0.2) is 9.97 Å². The molecular formula is C17H16N6O2S. The molecule has 0 spiro atoms. The van der Waals surface area contributed by atoms with Crippen LogP contribution in [0.4, 0.5) is 0 Å². The molecule has 0 radical (unpaired) electrons. The van der Waals surface area contributed by atoms with E-state index < -0.39 is 0 Å². The van der Waals surface area contributed by atoms with Gasteiger partial charge in [0.2, 0.25) is 0 Å². The van der Waals surface area contributed by atoms with E-state index in [0.717, 1.165) is 26.9 Å². The maximum Gasteiger partial charge on any atom is 0.261 e. The van der Waals surface area contributed by atoms with Gasteiger partial charge in [0.15, 0.2) is 11.5 Å². The summed E-state index contributed by atoms with van der Waals surface area (Å²) in [6.45, 7) is 4.79. The molecule has 0 atom stereocenters. The molecule has 0 aromatic carbocycles. The minimum atomic E-state index is 0.383. The Bertz CT molecular complexity index is 957.